The first-order valence-corrected chi connectivity index (χ1v) is 12.2. The Morgan fingerprint density at radius 2 is 1.72 bits per heavy atom. The van der Waals surface area contributed by atoms with Crippen LogP contribution in [0.3, 0.4) is 0 Å². The quantitative estimate of drug-likeness (QED) is 0.112. The van der Waals surface area contributed by atoms with Crippen molar-refractivity contribution in [1.82, 2.24) is 4.57 Å². The van der Waals surface area contributed by atoms with E-state index in [9.17, 15) is 19.4 Å². The number of benzene rings is 4. The molecule has 9 heteroatoms. The minimum atomic E-state index is -1.45. The van der Waals surface area contributed by atoms with Crippen molar-refractivity contribution in [3.05, 3.63) is 96.3 Å². The molecule has 1 aromatic heterocycles. The summed E-state index contributed by atoms with van der Waals surface area (Å²) >= 11 is 0. The van der Waals surface area contributed by atoms with Gasteiger partial charge in [0.25, 0.3) is 0 Å². The third-order valence-corrected chi connectivity index (χ3v) is 6.23. The smallest absolute Gasteiger partial charge is 0.505 e. The third kappa shape index (κ3) is 5.15. The Morgan fingerprint density at radius 1 is 0.949 bits per heavy atom. The highest BCUT2D eigenvalue weighted by molar-refractivity contribution is 5.96. The van der Waals surface area contributed by atoms with Gasteiger partial charge in [0.15, 0.2) is 11.4 Å². The second-order valence-electron chi connectivity index (χ2n) is 8.85. The molecule has 0 aliphatic rings. The summed E-state index contributed by atoms with van der Waals surface area (Å²) in [6, 6.07) is 22.9. The molecule has 0 atom stereocenters. The summed E-state index contributed by atoms with van der Waals surface area (Å²) < 4.78 is 20.5. The van der Waals surface area contributed by atoms with Gasteiger partial charge in [0, 0.05) is 16.6 Å². The SMILES string of the molecule is CCCc1ccc(-n2c(O)c(N=Nc3cccc(-c4cccc(OC(=O)O)c4)c3O)c3cc(F)ccc32)cc1. The minimum absolute atomic E-state index is 0.0452. The Bertz CT molecular complexity index is 1710. The lowest BCUT2D eigenvalue weighted by atomic mass is 10.0. The van der Waals surface area contributed by atoms with Crippen LogP contribution in [-0.4, -0.2) is 26.0 Å². The Labute approximate surface area is 222 Å². The molecule has 0 saturated carbocycles. The van der Waals surface area contributed by atoms with Crippen LogP contribution >= 0.6 is 0 Å². The van der Waals surface area contributed by atoms with Crippen molar-refractivity contribution >= 4 is 28.4 Å². The van der Waals surface area contributed by atoms with E-state index >= 15 is 0 Å². The van der Waals surface area contributed by atoms with E-state index in [1.54, 1.807) is 34.9 Å². The maximum absolute atomic E-state index is 14.2. The molecule has 0 aliphatic heterocycles. The predicted molar refractivity (Wildman–Crippen MR) is 145 cm³/mol. The molecule has 4 aromatic carbocycles. The number of hydrogen-bond donors (Lipinski definition) is 3. The second-order valence-corrected chi connectivity index (χ2v) is 8.85. The summed E-state index contributed by atoms with van der Waals surface area (Å²) in [6.07, 6.45) is 0.491. The summed E-state index contributed by atoms with van der Waals surface area (Å²) in [6.45, 7) is 2.10. The standard InChI is InChI=1S/C30H24FN3O5/c1-2-5-18-10-13-21(14-11-18)34-26-15-12-20(31)17-24(26)27(29(34)36)33-32-25-9-4-8-23(28(25)35)19-6-3-7-22(16-19)39-30(37)38/h3-4,6-17,35-36H,2,5H2,1H3,(H,37,38). The number of carboxylic acid groups (broad SMARTS) is 1. The van der Waals surface area contributed by atoms with E-state index in [0.29, 0.717) is 27.7 Å². The lowest BCUT2D eigenvalue weighted by Gasteiger charge is -2.08. The van der Waals surface area contributed by atoms with E-state index in [-0.39, 0.29) is 28.8 Å². The fraction of sp³-hybridized carbons (Fsp3) is 0.100. The zero-order valence-corrected chi connectivity index (χ0v) is 20.9. The molecule has 0 saturated heterocycles. The number of aromatic nitrogens is 1. The van der Waals surface area contributed by atoms with Gasteiger partial charge in [-0.3, -0.25) is 4.57 Å². The fourth-order valence-electron chi connectivity index (χ4n) is 4.47. The van der Waals surface area contributed by atoms with Crippen LogP contribution < -0.4 is 4.74 Å². The van der Waals surface area contributed by atoms with Crippen LogP contribution in [0.25, 0.3) is 27.7 Å². The third-order valence-electron chi connectivity index (χ3n) is 6.23. The summed E-state index contributed by atoms with van der Waals surface area (Å²) in [5.74, 6) is -0.844. The Kier molecular flexibility index (Phi) is 6.96. The molecule has 0 spiro atoms. The van der Waals surface area contributed by atoms with Crippen LogP contribution in [0.5, 0.6) is 17.4 Å². The monoisotopic (exact) mass is 525 g/mol. The number of phenols is 1. The van der Waals surface area contributed by atoms with Crippen molar-refractivity contribution in [1.29, 1.82) is 0 Å². The van der Waals surface area contributed by atoms with Gasteiger partial charge in [-0.05, 0) is 66.1 Å². The highest BCUT2D eigenvalue weighted by Gasteiger charge is 2.19. The average molecular weight is 526 g/mol. The van der Waals surface area contributed by atoms with E-state index in [2.05, 4.69) is 17.2 Å². The average Bonchev–Trinajstić information content (AvgIpc) is 3.18. The summed E-state index contributed by atoms with van der Waals surface area (Å²) in [5, 5.41) is 39.7. The molecule has 5 aromatic rings. The van der Waals surface area contributed by atoms with E-state index < -0.39 is 12.0 Å². The van der Waals surface area contributed by atoms with Gasteiger partial charge in [-0.2, -0.15) is 0 Å². The van der Waals surface area contributed by atoms with Gasteiger partial charge in [-0.25, -0.2) is 9.18 Å². The number of carbonyl (C=O) groups is 1. The van der Waals surface area contributed by atoms with Gasteiger partial charge in [-0.15, -0.1) is 10.2 Å². The van der Waals surface area contributed by atoms with Crippen molar-refractivity contribution in [2.75, 3.05) is 0 Å². The Morgan fingerprint density at radius 3 is 2.46 bits per heavy atom. The van der Waals surface area contributed by atoms with Crippen LogP contribution in [0.15, 0.2) is 95.2 Å². The van der Waals surface area contributed by atoms with Crippen LogP contribution in [-0.2, 0) is 6.42 Å². The topological polar surface area (TPSA) is 117 Å². The number of para-hydroxylation sites is 1. The van der Waals surface area contributed by atoms with Gasteiger partial charge in [0.05, 0.1) is 5.52 Å². The molecule has 196 valence electrons. The number of rotatable bonds is 7. The number of aromatic hydroxyl groups is 2. The molecule has 0 amide bonds. The van der Waals surface area contributed by atoms with Gasteiger partial charge in [0.1, 0.15) is 17.3 Å². The largest absolute Gasteiger partial charge is 0.511 e. The Balaban J connectivity index is 1.56. The molecule has 0 bridgehead atoms. The van der Waals surface area contributed by atoms with Gasteiger partial charge >= 0.3 is 6.16 Å². The number of hydrogen-bond acceptors (Lipinski definition) is 6. The van der Waals surface area contributed by atoms with Crippen molar-refractivity contribution in [3.8, 4) is 34.2 Å². The number of fused-ring (bicyclic) bond motifs is 1. The molecule has 0 aliphatic carbocycles. The zero-order chi connectivity index (χ0) is 27.5. The first-order chi connectivity index (χ1) is 18.9. The van der Waals surface area contributed by atoms with E-state index in [4.69, 9.17) is 9.84 Å². The first-order valence-electron chi connectivity index (χ1n) is 12.2. The maximum atomic E-state index is 14.2. The van der Waals surface area contributed by atoms with Crippen LogP contribution in [0.1, 0.15) is 18.9 Å². The van der Waals surface area contributed by atoms with E-state index in [0.717, 1.165) is 12.8 Å². The van der Waals surface area contributed by atoms with Gasteiger partial charge in [-0.1, -0.05) is 49.7 Å². The summed E-state index contributed by atoms with van der Waals surface area (Å²) in [7, 11) is 0. The first kappa shape index (κ1) is 25.5. The van der Waals surface area contributed by atoms with Crippen LogP contribution in [0.2, 0.25) is 0 Å². The molecule has 3 N–H and O–H groups in total. The fourth-order valence-corrected chi connectivity index (χ4v) is 4.47. The molecule has 0 fully saturated rings. The number of halogens is 1. The zero-order valence-electron chi connectivity index (χ0n) is 20.9. The summed E-state index contributed by atoms with van der Waals surface area (Å²) in [5.41, 5.74) is 3.39. The van der Waals surface area contributed by atoms with E-state index in [1.165, 1.54) is 35.9 Å². The lowest BCUT2D eigenvalue weighted by molar-refractivity contribution is 0.144. The number of azo groups is 1. The van der Waals surface area contributed by atoms with Crippen LogP contribution in [0.4, 0.5) is 20.6 Å². The second kappa shape index (κ2) is 10.7. The number of phenolic OH excluding ortho intramolecular Hbond substituents is 1. The van der Waals surface area contributed by atoms with Gasteiger partial charge in [0.2, 0.25) is 5.88 Å². The molecular formula is C30H24FN3O5. The maximum Gasteiger partial charge on any atom is 0.511 e. The molecular weight excluding hydrogens is 501 g/mol. The molecule has 8 nitrogen and oxygen atoms in total. The number of nitrogens with zero attached hydrogens (tertiary/aromatic N) is 3. The molecule has 0 radical (unpaired) electrons. The predicted octanol–water partition coefficient (Wildman–Crippen LogP) is 8.27. The van der Waals surface area contributed by atoms with E-state index in [1.807, 2.05) is 24.3 Å². The Hall–Kier alpha value is -5.18. The molecule has 1 heterocycles. The van der Waals surface area contributed by atoms with Crippen molar-refractivity contribution in [2.24, 2.45) is 10.2 Å². The number of ether oxygens (including phenoxy) is 1. The van der Waals surface area contributed by atoms with Crippen molar-refractivity contribution in [2.45, 2.75) is 19.8 Å². The van der Waals surface area contributed by atoms with Crippen molar-refractivity contribution < 1.29 is 29.2 Å². The number of aryl methyl sites for hydroxylation is 1. The normalized spacial score (nSPS) is 11.3. The highest BCUT2D eigenvalue weighted by Crippen LogP contribution is 2.44. The highest BCUT2D eigenvalue weighted by atomic mass is 19.1. The van der Waals surface area contributed by atoms with Gasteiger partial charge < -0.3 is 20.1 Å². The molecule has 39 heavy (non-hydrogen) atoms. The molecule has 5 rings (SSSR count). The van der Waals surface area contributed by atoms with Crippen LogP contribution in [0, 0.1) is 5.82 Å². The minimum Gasteiger partial charge on any atom is -0.505 e. The van der Waals surface area contributed by atoms with Crippen molar-refractivity contribution in [3.63, 3.8) is 0 Å². The molecule has 0 unspecified atom stereocenters. The summed E-state index contributed by atoms with van der Waals surface area (Å²) in [4.78, 5) is 10.9. The lowest BCUT2D eigenvalue weighted by Crippen LogP contribution is -2.02.